The third-order valence-corrected chi connectivity index (χ3v) is 3.02. The molecule has 0 aliphatic rings. The first-order chi connectivity index (χ1) is 9.42. The maximum Gasteiger partial charge on any atom is 0.108 e. The second kappa shape index (κ2) is 9.54. The van der Waals surface area contributed by atoms with E-state index >= 15 is 0 Å². The predicted octanol–water partition coefficient (Wildman–Crippen LogP) is 3.82. The molecular formula is C17H22ClNO. The highest BCUT2D eigenvalue weighted by atomic mass is 35.5. The van der Waals surface area contributed by atoms with Crippen LogP contribution in [0.25, 0.3) is 0 Å². The molecule has 2 aromatic rings. The summed E-state index contributed by atoms with van der Waals surface area (Å²) in [6.45, 7) is 4.67. The fourth-order valence-electron chi connectivity index (χ4n) is 2.07. The van der Waals surface area contributed by atoms with E-state index < -0.39 is 0 Å². The Labute approximate surface area is 127 Å². The number of halogens is 1. The van der Waals surface area contributed by atoms with Crippen LogP contribution < -0.4 is 5.32 Å². The van der Waals surface area contributed by atoms with Crippen molar-refractivity contribution in [2.45, 2.75) is 13.0 Å². The van der Waals surface area contributed by atoms with Gasteiger partial charge in [0.15, 0.2) is 0 Å². The molecule has 0 aliphatic carbocycles. The highest BCUT2D eigenvalue weighted by Crippen LogP contribution is 2.25. The normalized spacial score (nSPS) is 10.3. The Hall–Kier alpha value is -1.35. The zero-order chi connectivity index (χ0) is 13.3. The second-order valence-corrected chi connectivity index (χ2v) is 4.43. The van der Waals surface area contributed by atoms with E-state index in [0.29, 0.717) is 6.61 Å². The van der Waals surface area contributed by atoms with Gasteiger partial charge in [-0.1, -0.05) is 67.6 Å². The molecule has 2 aromatic carbocycles. The van der Waals surface area contributed by atoms with Gasteiger partial charge in [0.25, 0.3) is 0 Å². The topological polar surface area (TPSA) is 21.3 Å². The molecule has 0 aliphatic heterocycles. The number of likely N-dealkylation sites (N-methyl/N-ethyl adjacent to an activating group) is 1. The maximum absolute atomic E-state index is 6.05. The lowest BCUT2D eigenvalue weighted by Gasteiger charge is -2.19. The van der Waals surface area contributed by atoms with Crippen molar-refractivity contribution in [2.75, 3.05) is 19.7 Å². The first-order valence-corrected chi connectivity index (χ1v) is 6.84. The van der Waals surface area contributed by atoms with Gasteiger partial charge in [-0.15, -0.1) is 12.4 Å². The zero-order valence-electron chi connectivity index (χ0n) is 11.8. The van der Waals surface area contributed by atoms with Crippen molar-refractivity contribution in [3.8, 4) is 0 Å². The quantitative estimate of drug-likeness (QED) is 0.783. The summed E-state index contributed by atoms with van der Waals surface area (Å²) in [6.07, 6.45) is 0.0149. The van der Waals surface area contributed by atoms with Crippen molar-refractivity contribution < 1.29 is 4.74 Å². The summed E-state index contributed by atoms with van der Waals surface area (Å²) in [5.74, 6) is 0. The second-order valence-electron chi connectivity index (χ2n) is 4.43. The Bertz CT molecular complexity index is 421. The minimum atomic E-state index is 0. The molecule has 2 nitrogen and oxygen atoms in total. The van der Waals surface area contributed by atoms with Crippen molar-refractivity contribution in [1.82, 2.24) is 5.32 Å². The average Bonchev–Trinajstić information content (AvgIpc) is 2.49. The van der Waals surface area contributed by atoms with E-state index in [4.69, 9.17) is 4.74 Å². The van der Waals surface area contributed by atoms with E-state index in [1.165, 1.54) is 11.1 Å². The van der Waals surface area contributed by atoms with Crippen molar-refractivity contribution >= 4 is 12.4 Å². The number of hydrogen-bond acceptors (Lipinski definition) is 2. The summed E-state index contributed by atoms with van der Waals surface area (Å²) in [4.78, 5) is 0. The van der Waals surface area contributed by atoms with Gasteiger partial charge in [-0.25, -0.2) is 0 Å². The number of rotatable bonds is 7. The van der Waals surface area contributed by atoms with Gasteiger partial charge in [-0.3, -0.25) is 0 Å². The lowest BCUT2D eigenvalue weighted by Crippen LogP contribution is -2.20. The van der Waals surface area contributed by atoms with Gasteiger partial charge in [-0.2, -0.15) is 0 Å². The van der Waals surface area contributed by atoms with Crippen LogP contribution in [0.1, 0.15) is 24.2 Å². The van der Waals surface area contributed by atoms with Crippen LogP contribution in [0.5, 0.6) is 0 Å². The summed E-state index contributed by atoms with van der Waals surface area (Å²) in [6, 6.07) is 20.7. The number of benzene rings is 2. The number of ether oxygens (including phenoxy) is 1. The molecule has 0 saturated heterocycles. The van der Waals surface area contributed by atoms with Crippen molar-refractivity contribution in [2.24, 2.45) is 0 Å². The molecule has 3 heteroatoms. The molecule has 2 rings (SSSR count). The first kappa shape index (κ1) is 16.7. The van der Waals surface area contributed by atoms with Crippen LogP contribution in [0.4, 0.5) is 0 Å². The summed E-state index contributed by atoms with van der Waals surface area (Å²) in [5, 5.41) is 3.28. The van der Waals surface area contributed by atoms with E-state index in [2.05, 4.69) is 60.8 Å². The Morgan fingerprint density at radius 3 is 1.85 bits per heavy atom. The summed E-state index contributed by atoms with van der Waals surface area (Å²) in [5.41, 5.74) is 2.40. The predicted molar refractivity (Wildman–Crippen MR) is 86.5 cm³/mol. The van der Waals surface area contributed by atoms with Gasteiger partial charge in [0.1, 0.15) is 6.10 Å². The monoisotopic (exact) mass is 291 g/mol. The molecule has 0 amide bonds. The molecule has 1 N–H and O–H groups in total. The smallest absolute Gasteiger partial charge is 0.108 e. The molecule has 0 unspecified atom stereocenters. The van der Waals surface area contributed by atoms with Crippen LogP contribution in [0.2, 0.25) is 0 Å². The summed E-state index contributed by atoms with van der Waals surface area (Å²) < 4.78 is 6.05. The Kier molecular flexibility index (Phi) is 7.97. The summed E-state index contributed by atoms with van der Waals surface area (Å²) >= 11 is 0. The van der Waals surface area contributed by atoms with Crippen LogP contribution in [-0.4, -0.2) is 19.7 Å². The molecule has 0 bridgehead atoms. The molecular weight excluding hydrogens is 270 g/mol. The number of hydrogen-bond donors (Lipinski definition) is 1. The summed E-state index contributed by atoms with van der Waals surface area (Å²) in [7, 11) is 0. The van der Waals surface area contributed by atoms with Gasteiger partial charge in [0.05, 0.1) is 6.61 Å². The van der Waals surface area contributed by atoms with Gasteiger partial charge in [0.2, 0.25) is 0 Å². The molecule has 0 spiro atoms. The maximum atomic E-state index is 6.05. The Balaban J connectivity index is 0.00000200. The minimum Gasteiger partial charge on any atom is -0.367 e. The van der Waals surface area contributed by atoms with E-state index in [1.54, 1.807) is 0 Å². The van der Waals surface area contributed by atoms with Crippen molar-refractivity contribution in [3.05, 3.63) is 71.8 Å². The molecule has 0 atom stereocenters. The van der Waals surface area contributed by atoms with Crippen LogP contribution in [0.3, 0.4) is 0 Å². The highest BCUT2D eigenvalue weighted by molar-refractivity contribution is 5.85. The SMILES string of the molecule is CCNCCOC(c1ccccc1)c1ccccc1.Cl. The first-order valence-electron chi connectivity index (χ1n) is 6.84. The molecule has 0 saturated carbocycles. The van der Waals surface area contributed by atoms with Gasteiger partial charge in [-0.05, 0) is 17.7 Å². The van der Waals surface area contributed by atoms with Gasteiger partial charge in [0, 0.05) is 6.54 Å². The standard InChI is InChI=1S/C17H21NO.ClH/c1-2-18-13-14-19-17(15-9-5-3-6-10-15)16-11-7-4-8-12-16;/h3-12,17-18H,2,13-14H2,1H3;1H. The lowest BCUT2D eigenvalue weighted by atomic mass is 10.0. The molecule has 20 heavy (non-hydrogen) atoms. The van der Waals surface area contributed by atoms with E-state index in [9.17, 15) is 0 Å². The van der Waals surface area contributed by atoms with Crippen LogP contribution >= 0.6 is 12.4 Å². The highest BCUT2D eigenvalue weighted by Gasteiger charge is 2.13. The van der Waals surface area contributed by atoms with E-state index in [1.807, 2.05) is 12.1 Å². The molecule has 0 fully saturated rings. The Morgan fingerprint density at radius 1 is 0.900 bits per heavy atom. The lowest BCUT2D eigenvalue weighted by molar-refractivity contribution is 0.0824. The van der Waals surface area contributed by atoms with Gasteiger partial charge < -0.3 is 10.1 Å². The fraction of sp³-hybridized carbons (Fsp3) is 0.294. The molecule has 0 radical (unpaired) electrons. The largest absolute Gasteiger partial charge is 0.367 e. The zero-order valence-corrected chi connectivity index (χ0v) is 12.6. The number of nitrogens with one attached hydrogen (secondary N) is 1. The van der Waals surface area contributed by atoms with Crippen molar-refractivity contribution in [3.63, 3.8) is 0 Å². The minimum absolute atomic E-state index is 0. The average molecular weight is 292 g/mol. The Morgan fingerprint density at radius 2 is 1.40 bits per heavy atom. The third kappa shape index (κ3) is 4.97. The van der Waals surface area contributed by atoms with E-state index in [-0.39, 0.29) is 18.5 Å². The molecule has 0 aromatic heterocycles. The van der Waals surface area contributed by atoms with Gasteiger partial charge >= 0.3 is 0 Å². The molecule has 0 heterocycles. The van der Waals surface area contributed by atoms with E-state index in [0.717, 1.165) is 13.1 Å². The van der Waals surface area contributed by atoms with Crippen LogP contribution in [-0.2, 0) is 4.74 Å². The fourth-order valence-corrected chi connectivity index (χ4v) is 2.07. The van der Waals surface area contributed by atoms with Crippen LogP contribution in [0, 0.1) is 0 Å². The van der Waals surface area contributed by atoms with Crippen molar-refractivity contribution in [1.29, 1.82) is 0 Å². The van der Waals surface area contributed by atoms with Crippen LogP contribution in [0.15, 0.2) is 60.7 Å². The molecule has 108 valence electrons. The third-order valence-electron chi connectivity index (χ3n) is 3.02.